The minimum absolute atomic E-state index is 0.306. The van der Waals surface area contributed by atoms with Crippen LogP contribution in [0.15, 0.2) is 36.5 Å². The number of halogens is 2. The number of anilines is 1. The standard InChI is InChI=1S/C14H14ClFN2/c1-10-5-3-4-6-11(10)9-18(2)14-13(16)7-12(15)8-17-14/h3-8H,9H2,1-2H3. The first-order chi connectivity index (χ1) is 8.58. The molecule has 0 unspecified atom stereocenters. The van der Waals surface area contributed by atoms with Gasteiger partial charge in [-0.25, -0.2) is 9.37 Å². The van der Waals surface area contributed by atoms with E-state index >= 15 is 0 Å². The SMILES string of the molecule is Cc1ccccc1CN(C)c1ncc(Cl)cc1F. The van der Waals surface area contributed by atoms with Crippen LogP contribution in [-0.2, 0) is 6.54 Å². The molecule has 18 heavy (non-hydrogen) atoms. The molecule has 2 nitrogen and oxygen atoms in total. The van der Waals surface area contributed by atoms with Crippen molar-refractivity contribution in [1.29, 1.82) is 0 Å². The average molecular weight is 265 g/mol. The first-order valence-electron chi connectivity index (χ1n) is 5.64. The molecule has 0 aliphatic rings. The molecule has 0 saturated carbocycles. The topological polar surface area (TPSA) is 16.1 Å². The summed E-state index contributed by atoms with van der Waals surface area (Å²) in [5, 5.41) is 0.306. The number of pyridine rings is 1. The van der Waals surface area contributed by atoms with E-state index in [4.69, 9.17) is 11.6 Å². The predicted octanol–water partition coefficient (Wildman–Crippen LogP) is 3.82. The van der Waals surface area contributed by atoms with Gasteiger partial charge in [-0.1, -0.05) is 35.9 Å². The van der Waals surface area contributed by atoms with E-state index in [1.807, 2.05) is 38.2 Å². The minimum atomic E-state index is -0.404. The summed E-state index contributed by atoms with van der Waals surface area (Å²) in [5.74, 6) is -0.0961. The Morgan fingerprint density at radius 3 is 2.72 bits per heavy atom. The van der Waals surface area contributed by atoms with Gasteiger partial charge in [-0.05, 0) is 24.1 Å². The van der Waals surface area contributed by atoms with Crippen molar-refractivity contribution in [2.75, 3.05) is 11.9 Å². The largest absolute Gasteiger partial charge is 0.353 e. The lowest BCUT2D eigenvalue weighted by molar-refractivity contribution is 0.614. The summed E-state index contributed by atoms with van der Waals surface area (Å²) in [6, 6.07) is 9.30. The number of nitrogens with zero attached hydrogens (tertiary/aromatic N) is 2. The van der Waals surface area contributed by atoms with Gasteiger partial charge in [-0.2, -0.15) is 0 Å². The molecular formula is C14H14ClFN2. The highest BCUT2D eigenvalue weighted by atomic mass is 35.5. The highest BCUT2D eigenvalue weighted by Gasteiger charge is 2.11. The molecule has 1 aromatic heterocycles. The maximum Gasteiger partial charge on any atom is 0.167 e. The Hall–Kier alpha value is -1.61. The smallest absolute Gasteiger partial charge is 0.167 e. The highest BCUT2D eigenvalue weighted by Crippen LogP contribution is 2.20. The number of hydrogen-bond donors (Lipinski definition) is 0. The van der Waals surface area contributed by atoms with Crippen molar-refractivity contribution < 1.29 is 4.39 Å². The van der Waals surface area contributed by atoms with E-state index in [-0.39, 0.29) is 0 Å². The fourth-order valence-corrected chi connectivity index (χ4v) is 1.95. The van der Waals surface area contributed by atoms with Gasteiger partial charge in [0.15, 0.2) is 11.6 Å². The van der Waals surface area contributed by atoms with Gasteiger partial charge in [-0.3, -0.25) is 0 Å². The first-order valence-corrected chi connectivity index (χ1v) is 6.02. The number of aryl methyl sites for hydroxylation is 1. The van der Waals surface area contributed by atoms with Crippen LogP contribution >= 0.6 is 11.6 Å². The zero-order chi connectivity index (χ0) is 13.1. The van der Waals surface area contributed by atoms with E-state index in [0.29, 0.717) is 17.4 Å². The van der Waals surface area contributed by atoms with E-state index in [1.165, 1.54) is 17.8 Å². The molecule has 0 amide bonds. The molecule has 0 atom stereocenters. The molecule has 0 bridgehead atoms. The second-order valence-electron chi connectivity index (χ2n) is 4.24. The second kappa shape index (κ2) is 5.36. The van der Waals surface area contributed by atoms with Gasteiger partial charge in [0.1, 0.15) is 0 Å². The summed E-state index contributed by atoms with van der Waals surface area (Å²) >= 11 is 5.69. The van der Waals surface area contributed by atoms with Gasteiger partial charge < -0.3 is 4.90 Å². The molecular weight excluding hydrogens is 251 g/mol. The van der Waals surface area contributed by atoms with Crippen molar-refractivity contribution in [3.05, 3.63) is 58.5 Å². The second-order valence-corrected chi connectivity index (χ2v) is 4.68. The van der Waals surface area contributed by atoms with Crippen molar-refractivity contribution in [2.24, 2.45) is 0 Å². The van der Waals surface area contributed by atoms with Crippen LogP contribution in [0.3, 0.4) is 0 Å². The minimum Gasteiger partial charge on any atom is -0.353 e. The summed E-state index contributed by atoms with van der Waals surface area (Å²) in [6.45, 7) is 2.65. The lowest BCUT2D eigenvalue weighted by Gasteiger charge is -2.19. The van der Waals surface area contributed by atoms with Crippen molar-refractivity contribution >= 4 is 17.4 Å². The van der Waals surface area contributed by atoms with Crippen LogP contribution in [0.1, 0.15) is 11.1 Å². The molecule has 0 fully saturated rings. The van der Waals surface area contributed by atoms with E-state index in [0.717, 1.165) is 5.56 Å². The lowest BCUT2D eigenvalue weighted by atomic mass is 10.1. The van der Waals surface area contributed by atoms with Crippen LogP contribution in [-0.4, -0.2) is 12.0 Å². The van der Waals surface area contributed by atoms with Crippen molar-refractivity contribution in [2.45, 2.75) is 13.5 Å². The van der Waals surface area contributed by atoms with Gasteiger partial charge in [0.25, 0.3) is 0 Å². The molecule has 0 radical (unpaired) electrons. The van der Waals surface area contributed by atoms with Crippen molar-refractivity contribution in [3.8, 4) is 0 Å². The summed E-state index contributed by atoms with van der Waals surface area (Å²) in [6.07, 6.45) is 1.45. The molecule has 0 saturated heterocycles. The third kappa shape index (κ3) is 2.79. The molecule has 0 N–H and O–H groups in total. The van der Waals surface area contributed by atoms with E-state index in [2.05, 4.69) is 4.98 Å². The molecule has 4 heteroatoms. The Bertz CT molecular complexity index is 557. The fraction of sp³-hybridized carbons (Fsp3) is 0.214. The van der Waals surface area contributed by atoms with Crippen LogP contribution in [0.4, 0.5) is 10.2 Å². The van der Waals surface area contributed by atoms with Gasteiger partial charge >= 0.3 is 0 Å². The summed E-state index contributed by atoms with van der Waals surface area (Å²) in [4.78, 5) is 5.79. The van der Waals surface area contributed by atoms with E-state index < -0.39 is 5.82 Å². The Morgan fingerprint density at radius 2 is 2.06 bits per heavy atom. The van der Waals surface area contributed by atoms with Gasteiger partial charge in [-0.15, -0.1) is 0 Å². The first kappa shape index (κ1) is 12.8. The molecule has 1 heterocycles. The maximum absolute atomic E-state index is 13.7. The zero-order valence-electron chi connectivity index (χ0n) is 10.3. The molecule has 2 rings (SSSR count). The maximum atomic E-state index is 13.7. The molecule has 94 valence electrons. The van der Waals surface area contributed by atoms with Crippen LogP contribution in [0.2, 0.25) is 5.02 Å². The van der Waals surface area contributed by atoms with E-state index in [9.17, 15) is 4.39 Å². The van der Waals surface area contributed by atoms with E-state index in [1.54, 1.807) is 4.90 Å². The molecule has 0 spiro atoms. The third-order valence-electron chi connectivity index (χ3n) is 2.82. The highest BCUT2D eigenvalue weighted by molar-refractivity contribution is 6.30. The molecule has 1 aromatic carbocycles. The Morgan fingerprint density at radius 1 is 1.33 bits per heavy atom. The lowest BCUT2D eigenvalue weighted by Crippen LogP contribution is -2.19. The molecule has 0 aliphatic heterocycles. The Kier molecular flexibility index (Phi) is 3.82. The average Bonchev–Trinajstić information content (AvgIpc) is 2.32. The monoisotopic (exact) mass is 264 g/mol. The van der Waals surface area contributed by atoms with Gasteiger partial charge in [0.05, 0.1) is 5.02 Å². The number of benzene rings is 1. The number of aromatic nitrogens is 1. The van der Waals surface area contributed by atoms with Crippen LogP contribution in [0.5, 0.6) is 0 Å². The van der Waals surface area contributed by atoms with Gasteiger partial charge in [0.2, 0.25) is 0 Å². The van der Waals surface area contributed by atoms with Crippen LogP contribution < -0.4 is 4.90 Å². The Labute approximate surface area is 111 Å². The zero-order valence-corrected chi connectivity index (χ0v) is 11.1. The fourth-order valence-electron chi connectivity index (χ4n) is 1.81. The van der Waals surface area contributed by atoms with Crippen molar-refractivity contribution in [1.82, 2.24) is 4.98 Å². The predicted molar refractivity (Wildman–Crippen MR) is 72.5 cm³/mol. The van der Waals surface area contributed by atoms with Crippen LogP contribution in [0, 0.1) is 12.7 Å². The Balaban J connectivity index is 2.22. The molecule has 0 aliphatic carbocycles. The van der Waals surface area contributed by atoms with Crippen LogP contribution in [0.25, 0.3) is 0 Å². The number of hydrogen-bond acceptors (Lipinski definition) is 2. The summed E-state index contributed by atoms with van der Waals surface area (Å²) in [7, 11) is 1.81. The molecule has 2 aromatic rings. The number of rotatable bonds is 3. The normalized spacial score (nSPS) is 10.4. The van der Waals surface area contributed by atoms with Crippen molar-refractivity contribution in [3.63, 3.8) is 0 Å². The third-order valence-corrected chi connectivity index (χ3v) is 3.03. The quantitative estimate of drug-likeness (QED) is 0.838. The van der Waals surface area contributed by atoms with Gasteiger partial charge in [0, 0.05) is 19.8 Å². The summed E-state index contributed by atoms with van der Waals surface area (Å²) in [5.41, 5.74) is 2.33. The summed E-state index contributed by atoms with van der Waals surface area (Å²) < 4.78 is 13.7.